The van der Waals surface area contributed by atoms with Gasteiger partial charge in [-0.1, -0.05) is 0 Å². The first-order chi connectivity index (χ1) is 7.63. The Hall–Kier alpha value is -0.610. The minimum atomic E-state index is -0.697. The highest BCUT2D eigenvalue weighted by atomic mass is 16.5. The van der Waals surface area contributed by atoms with Crippen LogP contribution in [0.5, 0.6) is 0 Å². The number of likely N-dealkylation sites (tertiary alicyclic amines) is 1. The third-order valence-corrected chi connectivity index (χ3v) is 3.35. The molecule has 1 aliphatic heterocycles. The molecule has 1 aliphatic rings. The van der Waals surface area contributed by atoms with Crippen LogP contribution in [0.1, 0.15) is 32.6 Å². The van der Waals surface area contributed by atoms with Gasteiger partial charge in [0.25, 0.3) is 0 Å². The topological polar surface area (TPSA) is 49.8 Å². The Bertz CT molecular complexity index is 218. The number of carboxylic acids is 1. The average Bonchev–Trinajstić information content (AvgIpc) is 2.26. The number of piperidine rings is 1. The first-order valence-corrected chi connectivity index (χ1v) is 6.08. The quantitative estimate of drug-likeness (QED) is 0.751. The van der Waals surface area contributed by atoms with Crippen molar-refractivity contribution in [1.82, 2.24) is 4.90 Å². The lowest BCUT2D eigenvalue weighted by atomic mass is 9.97. The largest absolute Gasteiger partial charge is 0.481 e. The van der Waals surface area contributed by atoms with Crippen LogP contribution >= 0.6 is 0 Å². The Kier molecular flexibility index (Phi) is 5.77. The molecule has 0 amide bonds. The van der Waals surface area contributed by atoms with Crippen molar-refractivity contribution in [3.8, 4) is 0 Å². The highest BCUT2D eigenvalue weighted by Gasteiger charge is 2.23. The summed E-state index contributed by atoms with van der Waals surface area (Å²) in [6.45, 7) is 5.09. The lowest BCUT2D eigenvalue weighted by molar-refractivity contribution is -0.137. The van der Waals surface area contributed by atoms with Crippen molar-refractivity contribution in [2.75, 3.05) is 26.8 Å². The molecular weight excluding hydrogens is 206 g/mol. The summed E-state index contributed by atoms with van der Waals surface area (Å²) in [4.78, 5) is 12.9. The summed E-state index contributed by atoms with van der Waals surface area (Å²) in [7, 11) is 1.74. The Labute approximate surface area is 97.6 Å². The summed E-state index contributed by atoms with van der Waals surface area (Å²) in [5.41, 5.74) is 0. The second kappa shape index (κ2) is 6.86. The monoisotopic (exact) mass is 229 g/mol. The maximum absolute atomic E-state index is 10.5. The molecule has 16 heavy (non-hydrogen) atoms. The molecular formula is C12H23NO3. The number of hydrogen-bond donors (Lipinski definition) is 1. The maximum atomic E-state index is 10.5. The molecule has 1 N–H and O–H groups in total. The Morgan fingerprint density at radius 1 is 1.62 bits per heavy atom. The SMILES string of the molecule is COCC1CCCN(C(C)CCC(=O)O)C1. The van der Waals surface area contributed by atoms with Crippen LogP contribution < -0.4 is 0 Å². The average molecular weight is 229 g/mol. The number of rotatable bonds is 6. The molecule has 1 fully saturated rings. The molecule has 4 nitrogen and oxygen atoms in total. The minimum absolute atomic E-state index is 0.270. The fraction of sp³-hybridized carbons (Fsp3) is 0.917. The van der Waals surface area contributed by atoms with E-state index in [0.717, 1.165) is 26.1 Å². The van der Waals surface area contributed by atoms with Gasteiger partial charge in [0.15, 0.2) is 0 Å². The smallest absolute Gasteiger partial charge is 0.303 e. The third kappa shape index (κ3) is 4.49. The number of methoxy groups -OCH3 is 1. The van der Waals surface area contributed by atoms with E-state index < -0.39 is 5.97 Å². The summed E-state index contributed by atoms with van der Waals surface area (Å²) in [5, 5.41) is 8.66. The standard InChI is InChI=1S/C12H23NO3/c1-10(5-6-12(14)15)13-7-3-4-11(8-13)9-16-2/h10-11H,3-9H2,1-2H3,(H,14,15). The Morgan fingerprint density at radius 3 is 3.00 bits per heavy atom. The lowest BCUT2D eigenvalue weighted by Gasteiger charge is -2.36. The Morgan fingerprint density at radius 2 is 2.38 bits per heavy atom. The molecule has 94 valence electrons. The summed E-state index contributed by atoms with van der Waals surface area (Å²) in [6, 6.07) is 0.371. The van der Waals surface area contributed by atoms with Crippen molar-refractivity contribution < 1.29 is 14.6 Å². The maximum Gasteiger partial charge on any atom is 0.303 e. The number of ether oxygens (including phenoxy) is 1. The molecule has 2 atom stereocenters. The molecule has 1 rings (SSSR count). The van der Waals surface area contributed by atoms with E-state index in [1.807, 2.05) is 0 Å². The predicted octanol–water partition coefficient (Wildman–Crippen LogP) is 1.60. The second-order valence-electron chi connectivity index (χ2n) is 4.74. The molecule has 0 saturated carbocycles. The lowest BCUT2D eigenvalue weighted by Crippen LogP contribution is -2.42. The zero-order valence-electron chi connectivity index (χ0n) is 10.3. The molecule has 0 aromatic heterocycles. The number of nitrogens with zero attached hydrogens (tertiary/aromatic N) is 1. The van der Waals surface area contributed by atoms with Crippen molar-refractivity contribution in [2.45, 2.75) is 38.6 Å². The zero-order valence-corrected chi connectivity index (χ0v) is 10.3. The molecule has 1 heterocycles. The normalized spacial score (nSPS) is 24.2. The van der Waals surface area contributed by atoms with Gasteiger partial charge in [0, 0.05) is 26.1 Å². The van der Waals surface area contributed by atoms with Gasteiger partial charge in [-0.3, -0.25) is 4.79 Å². The van der Waals surface area contributed by atoms with Gasteiger partial charge in [-0.2, -0.15) is 0 Å². The first-order valence-electron chi connectivity index (χ1n) is 6.08. The molecule has 1 saturated heterocycles. The first kappa shape index (κ1) is 13.5. The van der Waals surface area contributed by atoms with Gasteiger partial charge in [0.05, 0.1) is 6.61 Å². The fourth-order valence-corrected chi connectivity index (χ4v) is 2.38. The van der Waals surface area contributed by atoms with Gasteiger partial charge in [-0.05, 0) is 38.6 Å². The van der Waals surface area contributed by atoms with Crippen LogP contribution in [0.25, 0.3) is 0 Å². The fourth-order valence-electron chi connectivity index (χ4n) is 2.38. The van der Waals surface area contributed by atoms with Gasteiger partial charge in [-0.25, -0.2) is 0 Å². The zero-order chi connectivity index (χ0) is 12.0. The number of aliphatic carboxylic acids is 1. The molecule has 4 heteroatoms. The van der Waals surface area contributed by atoms with Crippen LogP contribution in [0.4, 0.5) is 0 Å². The summed E-state index contributed by atoms with van der Waals surface area (Å²) < 4.78 is 5.19. The van der Waals surface area contributed by atoms with Crippen LogP contribution in [0.3, 0.4) is 0 Å². The van der Waals surface area contributed by atoms with Crippen molar-refractivity contribution in [1.29, 1.82) is 0 Å². The van der Waals surface area contributed by atoms with Crippen molar-refractivity contribution in [3.05, 3.63) is 0 Å². The highest BCUT2D eigenvalue weighted by Crippen LogP contribution is 2.20. The van der Waals surface area contributed by atoms with Gasteiger partial charge >= 0.3 is 5.97 Å². The number of carboxylic acid groups (broad SMARTS) is 1. The van der Waals surface area contributed by atoms with Gasteiger partial charge in [-0.15, -0.1) is 0 Å². The van der Waals surface area contributed by atoms with Crippen molar-refractivity contribution >= 4 is 5.97 Å². The molecule has 0 aromatic rings. The van der Waals surface area contributed by atoms with Crippen LogP contribution in [-0.2, 0) is 9.53 Å². The predicted molar refractivity (Wildman–Crippen MR) is 62.5 cm³/mol. The highest BCUT2D eigenvalue weighted by molar-refractivity contribution is 5.66. The van der Waals surface area contributed by atoms with Crippen LogP contribution in [0.2, 0.25) is 0 Å². The molecule has 0 bridgehead atoms. The van der Waals surface area contributed by atoms with E-state index in [0.29, 0.717) is 12.0 Å². The number of hydrogen-bond acceptors (Lipinski definition) is 3. The summed E-state index contributed by atoms with van der Waals surface area (Å²) in [6.07, 6.45) is 3.45. The van der Waals surface area contributed by atoms with E-state index in [1.165, 1.54) is 12.8 Å². The molecule has 2 unspecified atom stereocenters. The van der Waals surface area contributed by atoms with Crippen molar-refractivity contribution in [3.63, 3.8) is 0 Å². The van der Waals surface area contributed by atoms with E-state index in [-0.39, 0.29) is 6.42 Å². The van der Waals surface area contributed by atoms with Crippen LogP contribution in [0, 0.1) is 5.92 Å². The molecule has 0 spiro atoms. The van der Waals surface area contributed by atoms with Gasteiger partial charge < -0.3 is 14.7 Å². The summed E-state index contributed by atoms with van der Waals surface area (Å²) >= 11 is 0. The van der Waals surface area contributed by atoms with Crippen molar-refractivity contribution in [2.24, 2.45) is 5.92 Å². The van der Waals surface area contributed by atoms with Gasteiger partial charge in [0.2, 0.25) is 0 Å². The van der Waals surface area contributed by atoms with Crippen LogP contribution in [-0.4, -0.2) is 48.8 Å². The van der Waals surface area contributed by atoms with Gasteiger partial charge in [0.1, 0.15) is 0 Å². The molecule has 0 radical (unpaired) electrons. The van der Waals surface area contributed by atoms with E-state index in [2.05, 4.69) is 11.8 Å². The second-order valence-corrected chi connectivity index (χ2v) is 4.74. The van der Waals surface area contributed by atoms with E-state index in [4.69, 9.17) is 9.84 Å². The van der Waals surface area contributed by atoms with E-state index in [1.54, 1.807) is 7.11 Å². The number of carbonyl (C=O) groups is 1. The summed E-state index contributed by atoms with van der Waals surface area (Å²) in [5.74, 6) is -0.0803. The van der Waals surface area contributed by atoms with E-state index >= 15 is 0 Å². The van der Waals surface area contributed by atoms with Crippen LogP contribution in [0.15, 0.2) is 0 Å². The molecule has 0 aliphatic carbocycles. The van der Waals surface area contributed by atoms with E-state index in [9.17, 15) is 4.79 Å². The Balaban J connectivity index is 2.31. The molecule has 0 aromatic carbocycles. The third-order valence-electron chi connectivity index (χ3n) is 3.35. The minimum Gasteiger partial charge on any atom is -0.481 e.